The van der Waals surface area contributed by atoms with Gasteiger partial charge in [-0.1, -0.05) is 6.07 Å². The van der Waals surface area contributed by atoms with Crippen LogP contribution in [0.1, 0.15) is 5.69 Å². The Balaban J connectivity index is 1.68. The molecule has 7 heteroatoms. The maximum atomic E-state index is 13.5. The van der Waals surface area contributed by atoms with E-state index >= 15 is 0 Å². The molecule has 0 bridgehead atoms. The monoisotopic (exact) mass is 388 g/mol. The van der Waals surface area contributed by atoms with Crippen LogP contribution in [0, 0.1) is 12.7 Å². The Bertz CT molecular complexity index is 1300. The summed E-state index contributed by atoms with van der Waals surface area (Å²) in [6.07, 6.45) is 6.16. The van der Waals surface area contributed by atoms with Crippen molar-refractivity contribution in [3.63, 3.8) is 0 Å². The smallest absolute Gasteiger partial charge is 0.161 e. The van der Waals surface area contributed by atoms with E-state index in [1.165, 1.54) is 23.6 Å². The first-order valence-electron chi connectivity index (χ1n) is 8.57. The van der Waals surface area contributed by atoms with E-state index in [0.29, 0.717) is 21.8 Å². The normalized spacial score (nSPS) is 11.2. The molecule has 0 atom stereocenters. The number of rotatable bonds is 3. The van der Waals surface area contributed by atoms with E-state index in [1.54, 1.807) is 18.7 Å². The first-order valence-corrected chi connectivity index (χ1v) is 9.39. The second kappa shape index (κ2) is 6.61. The van der Waals surface area contributed by atoms with Crippen molar-refractivity contribution in [3.05, 3.63) is 72.8 Å². The van der Waals surface area contributed by atoms with Crippen LogP contribution in [-0.4, -0.2) is 19.9 Å². The van der Waals surface area contributed by atoms with Gasteiger partial charge in [-0.3, -0.25) is 9.97 Å². The van der Waals surface area contributed by atoms with E-state index in [0.717, 1.165) is 27.3 Å². The molecule has 5 heterocycles. The minimum atomic E-state index is -0.387. The number of furan rings is 1. The lowest BCUT2D eigenvalue weighted by molar-refractivity contribution is 0.615. The summed E-state index contributed by atoms with van der Waals surface area (Å²) in [5.74, 6) is -0.387. The number of hydrogen-bond acceptors (Lipinski definition) is 6. The number of pyridine rings is 3. The Hall–Kier alpha value is -3.45. The van der Waals surface area contributed by atoms with Crippen LogP contribution in [0.3, 0.4) is 0 Å². The van der Waals surface area contributed by atoms with Crippen LogP contribution in [0.5, 0.6) is 0 Å². The molecule has 0 aromatic carbocycles. The zero-order chi connectivity index (χ0) is 19.1. The molecule has 5 aromatic rings. The van der Waals surface area contributed by atoms with Crippen LogP contribution in [0.15, 0.2) is 65.7 Å². The number of nitrogens with zero attached hydrogens (tertiary/aromatic N) is 4. The van der Waals surface area contributed by atoms with Crippen molar-refractivity contribution in [1.29, 1.82) is 0 Å². The SMILES string of the molecule is Cc1nc(-c2cncc(F)c2)sc1-c1cc2ccoc2c(-c2ccccn2)n1. The molecule has 0 saturated carbocycles. The van der Waals surface area contributed by atoms with Gasteiger partial charge in [0.25, 0.3) is 0 Å². The number of aryl methyl sites for hydroxylation is 1. The summed E-state index contributed by atoms with van der Waals surface area (Å²) < 4.78 is 19.2. The van der Waals surface area contributed by atoms with Crippen LogP contribution in [-0.2, 0) is 0 Å². The van der Waals surface area contributed by atoms with E-state index in [-0.39, 0.29) is 5.82 Å². The summed E-state index contributed by atoms with van der Waals surface area (Å²) in [6.45, 7) is 1.92. The third-order valence-electron chi connectivity index (χ3n) is 4.32. The molecule has 0 fully saturated rings. The average Bonchev–Trinajstić information content (AvgIpc) is 3.34. The lowest BCUT2D eigenvalue weighted by Gasteiger charge is -2.05. The van der Waals surface area contributed by atoms with Gasteiger partial charge in [0.2, 0.25) is 0 Å². The summed E-state index contributed by atoms with van der Waals surface area (Å²) in [4.78, 5) is 18.7. The number of fused-ring (bicyclic) bond motifs is 1. The van der Waals surface area contributed by atoms with Gasteiger partial charge in [0.1, 0.15) is 16.5 Å². The molecule has 136 valence electrons. The maximum Gasteiger partial charge on any atom is 0.161 e. The van der Waals surface area contributed by atoms with Gasteiger partial charge in [0.05, 0.1) is 34.4 Å². The Morgan fingerprint density at radius 1 is 1.04 bits per heavy atom. The molecular formula is C21H13FN4OS. The molecular weight excluding hydrogens is 375 g/mol. The highest BCUT2D eigenvalue weighted by Crippen LogP contribution is 2.37. The second-order valence-corrected chi connectivity index (χ2v) is 7.23. The molecule has 0 spiro atoms. The fraction of sp³-hybridized carbons (Fsp3) is 0.0476. The zero-order valence-corrected chi connectivity index (χ0v) is 15.6. The molecule has 0 N–H and O–H groups in total. The largest absolute Gasteiger partial charge is 0.462 e. The molecule has 0 saturated heterocycles. The predicted molar refractivity (Wildman–Crippen MR) is 106 cm³/mol. The minimum Gasteiger partial charge on any atom is -0.462 e. The Morgan fingerprint density at radius 3 is 2.79 bits per heavy atom. The molecule has 5 nitrogen and oxygen atoms in total. The van der Waals surface area contributed by atoms with Gasteiger partial charge in [-0.2, -0.15) is 0 Å². The van der Waals surface area contributed by atoms with Crippen molar-refractivity contribution >= 4 is 22.3 Å². The molecule has 0 radical (unpaired) electrons. The van der Waals surface area contributed by atoms with Crippen molar-refractivity contribution in [1.82, 2.24) is 19.9 Å². The zero-order valence-electron chi connectivity index (χ0n) is 14.8. The van der Waals surface area contributed by atoms with Crippen LogP contribution in [0.4, 0.5) is 4.39 Å². The van der Waals surface area contributed by atoms with Gasteiger partial charge in [0, 0.05) is 23.3 Å². The van der Waals surface area contributed by atoms with Crippen LogP contribution >= 0.6 is 11.3 Å². The van der Waals surface area contributed by atoms with Gasteiger partial charge >= 0.3 is 0 Å². The third-order valence-corrected chi connectivity index (χ3v) is 5.55. The summed E-state index contributed by atoms with van der Waals surface area (Å²) >= 11 is 1.46. The Labute approximate surface area is 163 Å². The molecule has 0 unspecified atom stereocenters. The first-order chi connectivity index (χ1) is 13.7. The molecule has 0 amide bonds. The predicted octanol–water partition coefficient (Wildman–Crippen LogP) is 5.52. The van der Waals surface area contributed by atoms with Gasteiger partial charge < -0.3 is 4.42 Å². The fourth-order valence-electron chi connectivity index (χ4n) is 3.06. The lowest BCUT2D eigenvalue weighted by atomic mass is 10.1. The van der Waals surface area contributed by atoms with Crippen LogP contribution in [0.25, 0.3) is 43.5 Å². The van der Waals surface area contributed by atoms with Crippen molar-refractivity contribution in [2.75, 3.05) is 0 Å². The van der Waals surface area contributed by atoms with Gasteiger partial charge in [-0.05, 0) is 37.3 Å². The summed E-state index contributed by atoms with van der Waals surface area (Å²) in [6, 6.07) is 11.0. The van der Waals surface area contributed by atoms with Crippen LogP contribution < -0.4 is 0 Å². The van der Waals surface area contributed by atoms with Crippen LogP contribution in [0.2, 0.25) is 0 Å². The van der Waals surface area contributed by atoms with Crippen molar-refractivity contribution in [3.8, 4) is 32.5 Å². The fourth-order valence-corrected chi connectivity index (χ4v) is 4.06. The standard InChI is InChI=1S/C21H13FN4OS/c1-12-20(28-21(25-12)14-8-15(22)11-23-10-14)17-9-13-5-7-27-19(13)18(26-17)16-4-2-3-6-24-16/h2-11H,1H3. The molecule has 5 rings (SSSR count). The summed E-state index contributed by atoms with van der Waals surface area (Å²) in [5, 5.41) is 1.64. The average molecular weight is 388 g/mol. The number of hydrogen-bond donors (Lipinski definition) is 0. The third kappa shape index (κ3) is 2.86. The van der Waals surface area contributed by atoms with Gasteiger partial charge in [-0.25, -0.2) is 14.4 Å². The van der Waals surface area contributed by atoms with E-state index in [1.807, 2.05) is 37.3 Å². The highest BCUT2D eigenvalue weighted by molar-refractivity contribution is 7.18. The number of thiazole rings is 1. The van der Waals surface area contributed by atoms with E-state index < -0.39 is 0 Å². The Morgan fingerprint density at radius 2 is 1.96 bits per heavy atom. The molecule has 28 heavy (non-hydrogen) atoms. The molecule has 5 aromatic heterocycles. The highest BCUT2D eigenvalue weighted by atomic mass is 32.1. The van der Waals surface area contributed by atoms with Gasteiger partial charge in [0.15, 0.2) is 5.58 Å². The quantitative estimate of drug-likeness (QED) is 0.407. The topological polar surface area (TPSA) is 64.7 Å². The molecule has 0 aliphatic heterocycles. The second-order valence-electron chi connectivity index (χ2n) is 6.24. The minimum absolute atomic E-state index is 0.387. The van der Waals surface area contributed by atoms with Crippen molar-refractivity contribution in [2.24, 2.45) is 0 Å². The first kappa shape index (κ1) is 16.7. The van der Waals surface area contributed by atoms with E-state index in [2.05, 4.69) is 15.0 Å². The molecule has 0 aliphatic rings. The van der Waals surface area contributed by atoms with E-state index in [9.17, 15) is 4.39 Å². The highest BCUT2D eigenvalue weighted by Gasteiger charge is 2.18. The number of aromatic nitrogens is 4. The van der Waals surface area contributed by atoms with Gasteiger partial charge in [-0.15, -0.1) is 11.3 Å². The number of halogens is 1. The van der Waals surface area contributed by atoms with E-state index in [4.69, 9.17) is 9.40 Å². The van der Waals surface area contributed by atoms with Crippen molar-refractivity contribution in [2.45, 2.75) is 6.92 Å². The summed E-state index contributed by atoms with van der Waals surface area (Å²) in [5.41, 5.74) is 4.36. The van der Waals surface area contributed by atoms with Crippen molar-refractivity contribution < 1.29 is 8.81 Å². The summed E-state index contributed by atoms with van der Waals surface area (Å²) in [7, 11) is 0. The Kier molecular flexibility index (Phi) is 3.95. The lowest BCUT2D eigenvalue weighted by Crippen LogP contribution is -1.91. The maximum absolute atomic E-state index is 13.5. The molecule has 0 aliphatic carbocycles.